The molecule has 0 spiro atoms. The second-order valence-corrected chi connectivity index (χ2v) is 3.61. The summed E-state index contributed by atoms with van der Waals surface area (Å²) in [6.45, 7) is 0. The number of methoxy groups -OCH3 is 1. The third-order valence-corrected chi connectivity index (χ3v) is 2.43. The summed E-state index contributed by atoms with van der Waals surface area (Å²) in [4.78, 5) is 3.49. The average molecular weight is 253 g/mol. The summed E-state index contributed by atoms with van der Waals surface area (Å²) in [7, 11) is 1.28. The van der Waals surface area contributed by atoms with Gasteiger partial charge in [0.1, 0.15) is 0 Å². The number of benzene rings is 1. The Labute approximate surface area is 102 Å². The van der Waals surface area contributed by atoms with Crippen molar-refractivity contribution in [2.24, 2.45) is 0 Å². The van der Waals surface area contributed by atoms with E-state index in [1.807, 2.05) is 0 Å². The first kappa shape index (κ1) is 12.4. The van der Waals surface area contributed by atoms with Crippen LogP contribution in [0.2, 0.25) is 0 Å². The van der Waals surface area contributed by atoms with Gasteiger partial charge in [-0.3, -0.25) is 0 Å². The molecule has 1 aromatic heterocycles. The summed E-state index contributed by atoms with van der Waals surface area (Å²) in [6.07, 6.45) is -4.51. The second kappa shape index (κ2) is 4.68. The van der Waals surface area contributed by atoms with Crippen LogP contribution in [0.15, 0.2) is 42.5 Å². The molecule has 1 heterocycles. The molecule has 0 N–H and O–H groups in total. The number of halogens is 3. The van der Waals surface area contributed by atoms with E-state index in [0.29, 0.717) is 5.56 Å². The molecule has 0 aliphatic rings. The van der Waals surface area contributed by atoms with Gasteiger partial charge in [0.2, 0.25) is 5.88 Å². The Balaban J connectivity index is 2.61. The first-order chi connectivity index (χ1) is 8.52. The summed E-state index contributed by atoms with van der Waals surface area (Å²) >= 11 is 0. The van der Waals surface area contributed by atoms with Gasteiger partial charge in [-0.2, -0.15) is 13.2 Å². The number of ether oxygens (including phenoxy) is 1. The molecule has 18 heavy (non-hydrogen) atoms. The maximum absolute atomic E-state index is 12.9. The van der Waals surface area contributed by atoms with E-state index in [2.05, 4.69) is 4.98 Å². The Hall–Kier alpha value is -2.04. The average Bonchev–Trinajstić information content (AvgIpc) is 2.38. The molecule has 0 aliphatic carbocycles. The lowest BCUT2D eigenvalue weighted by Crippen LogP contribution is -2.10. The lowest BCUT2D eigenvalue weighted by Gasteiger charge is -2.13. The highest BCUT2D eigenvalue weighted by Crippen LogP contribution is 2.36. The molecular formula is C13H10F3NO. The second-order valence-electron chi connectivity index (χ2n) is 3.61. The van der Waals surface area contributed by atoms with Gasteiger partial charge in [-0.25, -0.2) is 4.98 Å². The SMILES string of the molecule is COc1ccc(-c2ccccc2)c(C(F)(F)F)n1. The Morgan fingerprint density at radius 1 is 1.00 bits per heavy atom. The van der Waals surface area contributed by atoms with E-state index >= 15 is 0 Å². The zero-order valence-corrected chi connectivity index (χ0v) is 9.53. The molecular weight excluding hydrogens is 243 g/mol. The van der Waals surface area contributed by atoms with E-state index in [9.17, 15) is 13.2 Å². The molecule has 0 radical (unpaired) electrons. The molecule has 0 saturated heterocycles. The van der Waals surface area contributed by atoms with E-state index in [1.54, 1.807) is 30.3 Å². The van der Waals surface area contributed by atoms with E-state index < -0.39 is 11.9 Å². The van der Waals surface area contributed by atoms with Crippen LogP contribution < -0.4 is 4.74 Å². The van der Waals surface area contributed by atoms with Crippen LogP contribution in [0.5, 0.6) is 5.88 Å². The smallest absolute Gasteiger partial charge is 0.434 e. The predicted octanol–water partition coefficient (Wildman–Crippen LogP) is 3.78. The van der Waals surface area contributed by atoms with Crippen molar-refractivity contribution in [2.75, 3.05) is 7.11 Å². The maximum Gasteiger partial charge on any atom is 0.434 e. The van der Waals surface area contributed by atoms with Crippen molar-refractivity contribution in [1.29, 1.82) is 0 Å². The van der Waals surface area contributed by atoms with Gasteiger partial charge in [-0.1, -0.05) is 30.3 Å². The lowest BCUT2D eigenvalue weighted by molar-refractivity contribution is -0.140. The minimum atomic E-state index is -4.51. The fraction of sp³-hybridized carbons (Fsp3) is 0.154. The lowest BCUT2D eigenvalue weighted by atomic mass is 10.0. The van der Waals surface area contributed by atoms with Crippen LogP contribution >= 0.6 is 0 Å². The van der Waals surface area contributed by atoms with Gasteiger partial charge < -0.3 is 4.74 Å². The Morgan fingerprint density at radius 3 is 2.22 bits per heavy atom. The summed E-state index contributed by atoms with van der Waals surface area (Å²) in [6, 6.07) is 11.1. The van der Waals surface area contributed by atoms with Crippen molar-refractivity contribution < 1.29 is 17.9 Å². The van der Waals surface area contributed by atoms with Crippen molar-refractivity contribution in [1.82, 2.24) is 4.98 Å². The van der Waals surface area contributed by atoms with Gasteiger partial charge in [0, 0.05) is 11.6 Å². The fourth-order valence-electron chi connectivity index (χ4n) is 1.62. The Kier molecular flexibility index (Phi) is 3.23. The van der Waals surface area contributed by atoms with E-state index in [-0.39, 0.29) is 11.4 Å². The van der Waals surface area contributed by atoms with Crippen LogP contribution in [0, 0.1) is 0 Å². The highest BCUT2D eigenvalue weighted by molar-refractivity contribution is 5.66. The van der Waals surface area contributed by atoms with Crippen LogP contribution in [0.1, 0.15) is 5.69 Å². The Morgan fingerprint density at radius 2 is 1.67 bits per heavy atom. The first-order valence-corrected chi connectivity index (χ1v) is 5.20. The molecule has 0 bridgehead atoms. The van der Waals surface area contributed by atoms with Crippen molar-refractivity contribution in [2.45, 2.75) is 6.18 Å². The number of alkyl halides is 3. The molecule has 0 fully saturated rings. The van der Waals surface area contributed by atoms with Gasteiger partial charge in [0.15, 0.2) is 5.69 Å². The van der Waals surface area contributed by atoms with E-state index in [1.165, 1.54) is 19.2 Å². The molecule has 0 atom stereocenters. The zero-order valence-electron chi connectivity index (χ0n) is 9.53. The standard InChI is InChI=1S/C13H10F3NO/c1-18-11-8-7-10(9-5-3-2-4-6-9)12(17-11)13(14,15)16/h2-8H,1H3. The fourth-order valence-corrected chi connectivity index (χ4v) is 1.62. The van der Waals surface area contributed by atoms with E-state index in [4.69, 9.17) is 4.74 Å². The normalized spacial score (nSPS) is 11.3. The number of hydrogen-bond donors (Lipinski definition) is 0. The largest absolute Gasteiger partial charge is 0.481 e. The quantitative estimate of drug-likeness (QED) is 0.812. The van der Waals surface area contributed by atoms with Crippen LogP contribution in [-0.4, -0.2) is 12.1 Å². The number of nitrogens with zero attached hydrogens (tertiary/aromatic N) is 1. The number of aromatic nitrogens is 1. The van der Waals surface area contributed by atoms with Crippen LogP contribution in [0.3, 0.4) is 0 Å². The van der Waals surface area contributed by atoms with Gasteiger partial charge in [-0.15, -0.1) is 0 Å². The van der Waals surface area contributed by atoms with Crippen LogP contribution in [0.4, 0.5) is 13.2 Å². The van der Waals surface area contributed by atoms with Gasteiger partial charge in [0.05, 0.1) is 7.11 Å². The molecule has 0 aliphatic heterocycles. The molecule has 5 heteroatoms. The maximum atomic E-state index is 12.9. The molecule has 0 amide bonds. The van der Waals surface area contributed by atoms with Crippen LogP contribution in [-0.2, 0) is 6.18 Å². The van der Waals surface area contributed by atoms with Gasteiger partial charge >= 0.3 is 6.18 Å². The highest BCUT2D eigenvalue weighted by atomic mass is 19.4. The number of hydrogen-bond acceptors (Lipinski definition) is 2. The molecule has 2 nitrogen and oxygen atoms in total. The van der Waals surface area contributed by atoms with Crippen LogP contribution in [0.25, 0.3) is 11.1 Å². The summed E-state index contributed by atoms with van der Waals surface area (Å²) in [5, 5.41) is 0. The molecule has 2 aromatic rings. The minimum Gasteiger partial charge on any atom is -0.481 e. The third-order valence-electron chi connectivity index (χ3n) is 2.43. The zero-order chi connectivity index (χ0) is 13.2. The summed E-state index contributed by atoms with van der Waals surface area (Å²) < 4.78 is 43.5. The molecule has 0 saturated carbocycles. The molecule has 94 valence electrons. The monoisotopic (exact) mass is 253 g/mol. The van der Waals surface area contributed by atoms with Crippen molar-refractivity contribution in [3.63, 3.8) is 0 Å². The first-order valence-electron chi connectivity index (χ1n) is 5.20. The molecule has 0 unspecified atom stereocenters. The van der Waals surface area contributed by atoms with E-state index in [0.717, 1.165) is 0 Å². The Bertz CT molecular complexity index is 538. The highest BCUT2D eigenvalue weighted by Gasteiger charge is 2.36. The van der Waals surface area contributed by atoms with Gasteiger partial charge in [-0.05, 0) is 11.6 Å². The topological polar surface area (TPSA) is 22.1 Å². The third kappa shape index (κ3) is 2.45. The molecule has 1 aromatic carbocycles. The number of rotatable bonds is 2. The minimum absolute atomic E-state index is 0.0453. The van der Waals surface area contributed by atoms with Gasteiger partial charge in [0.25, 0.3) is 0 Å². The summed E-state index contributed by atoms with van der Waals surface area (Å²) in [5.41, 5.74) is -0.420. The van der Waals surface area contributed by atoms with Crippen molar-refractivity contribution >= 4 is 0 Å². The number of pyridine rings is 1. The molecule has 2 rings (SSSR count). The predicted molar refractivity (Wildman–Crippen MR) is 61.2 cm³/mol. The van der Waals surface area contributed by atoms with Crippen molar-refractivity contribution in [3.8, 4) is 17.0 Å². The van der Waals surface area contributed by atoms with Crippen molar-refractivity contribution in [3.05, 3.63) is 48.2 Å². The summed E-state index contributed by atoms with van der Waals surface area (Å²) in [5.74, 6) is -0.0537.